The number of fused-ring (bicyclic) bond motifs is 6. The SMILES string of the molecule is C=C(CBr)C(=O)NCCCCCC(=O)N[C@H](C(=O)N[C@@H](CCCNC(N)=O)C(=O)Nc1ccc(NC(=O)O[C@H]2CC(=O)N(C)c3cc(cc(OC)c3Cl)C/C(C)=C/C=C/[C@@H](OC)[C@@]3(O)C[C@H](OC(=O)N3)[C@@H](C)[C@@H]3O[C@@]23C)c2ncccc12)C(C)C. The Labute approximate surface area is 507 Å². The molecule has 0 spiro atoms. The second kappa shape index (κ2) is 30.2. The summed E-state index contributed by atoms with van der Waals surface area (Å²) in [6.45, 7) is 13.0. The first-order chi connectivity index (χ1) is 40.3. The number of alkyl carbamates (subject to hydrolysis) is 1. The fourth-order valence-electron chi connectivity index (χ4n) is 10.3. The minimum atomic E-state index is -1.91. The van der Waals surface area contributed by atoms with Crippen LogP contribution in [0.4, 0.5) is 31.4 Å². The van der Waals surface area contributed by atoms with Gasteiger partial charge in [-0.25, -0.2) is 14.4 Å². The molecule has 0 aliphatic carbocycles. The van der Waals surface area contributed by atoms with Gasteiger partial charge in [-0.15, -0.1) is 0 Å². The number of rotatable bonds is 22. The maximum atomic E-state index is 14.5. The molecule has 3 aliphatic rings. The van der Waals surface area contributed by atoms with Crippen molar-refractivity contribution < 1.29 is 67.1 Å². The summed E-state index contributed by atoms with van der Waals surface area (Å²) < 4.78 is 29.6. The van der Waals surface area contributed by atoms with E-state index < -0.39 is 96.1 Å². The summed E-state index contributed by atoms with van der Waals surface area (Å²) in [6, 6.07) is 6.82. The van der Waals surface area contributed by atoms with E-state index in [0.29, 0.717) is 60.0 Å². The van der Waals surface area contributed by atoms with Crippen molar-refractivity contribution in [1.82, 2.24) is 31.6 Å². The van der Waals surface area contributed by atoms with Crippen LogP contribution in [0.25, 0.3) is 10.9 Å². The quantitative estimate of drug-likeness (QED) is 0.0223. The second-order valence-corrected chi connectivity index (χ2v) is 22.9. The van der Waals surface area contributed by atoms with Crippen LogP contribution in [0.2, 0.25) is 5.02 Å². The van der Waals surface area contributed by atoms with Crippen LogP contribution in [0.3, 0.4) is 0 Å². The maximum absolute atomic E-state index is 14.5. The fourth-order valence-corrected chi connectivity index (χ4v) is 10.8. The van der Waals surface area contributed by atoms with Gasteiger partial charge in [0.1, 0.15) is 46.8 Å². The van der Waals surface area contributed by atoms with Crippen molar-refractivity contribution in [3.05, 3.63) is 89.1 Å². The first-order valence-electron chi connectivity index (χ1n) is 28.0. The third kappa shape index (κ3) is 17.6. The Morgan fingerprint density at radius 3 is 2.44 bits per heavy atom. The Hall–Kier alpha value is -7.32. The molecule has 2 fully saturated rings. The molecule has 3 aromatic rings. The number of carbonyl (C=O) groups excluding carboxylic acids is 8. The van der Waals surface area contributed by atoms with Crippen LogP contribution >= 0.6 is 27.5 Å². The van der Waals surface area contributed by atoms with Crippen LogP contribution in [0.1, 0.15) is 91.5 Å². The molecule has 0 unspecified atom stereocenters. The predicted octanol–water partition coefficient (Wildman–Crippen LogP) is 6.56. The highest BCUT2D eigenvalue weighted by molar-refractivity contribution is 9.09. The van der Waals surface area contributed by atoms with Gasteiger partial charge in [-0.2, -0.15) is 0 Å². The number of nitrogens with zero attached hydrogens (tertiary/aromatic N) is 2. The van der Waals surface area contributed by atoms with Crippen molar-refractivity contribution in [2.24, 2.45) is 17.6 Å². The number of allylic oxidation sites excluding steroid dienone is 3. The number of alkyl halides is 1. The maximum Gasteiger partial charge on any atom is 0.412 e. The number of anilines is 3. The number of carbonyl (C=O) groups is 8. The van der Waals surface area contributed by atoms with Gasteiger partial charge in [-0.1, -0.05) is 85.1 Å². The third-order valence-corrected chi connectivity index (χ3v) is 16.2. The highest BCUT2D eigenvalue weighted by Gasteiger charge is 2.64. The summed E-state index contributed by atoms with van der Waals surface area (Å²) in [5, 5.41) is 31.8. The number of amides is 9. The number of hydrogen-bond acceptors (Lipinski definition) is 15. The Bertz CT molecular complexity index is 3060. The van der Waals surface area contributed by atoms with Crippen molar-refractivity contribution >= 4 is 103 Å². The van der Waals surface area contributed by atoms with Crippen molar-refractivity contribution in [2.75, 3.05) is 55.2 Å². The number of primary amides is 1. The molecular formula is C59H78BrClN10O14. The minimum Gasteiger partial charge on any atom is -0.495 e. The highest BCUT2D eigenvalue weighted by Crippen LogP contribution is 2.49. The second-order valence-electron chi connectivity index (χ2n) is 22.0. The summed E-state index contributed by atoms with van der Waals surface area (Å²) in [5.74, 6) is -3.10. The number of methoxy groups -OCH3 is 2. The van der Waals surface area contributed by atoms with Gasteiger partial charge in [-0.3, -0.25) is 39.6 Å². The summed E-state index contributed by atoms with van der Waals surface area (Å²) in [4.78, 5) is 113. The van der Waals surface area contributed by atoms with Gasteiger partial charge < -0.3 is 66.0 Å². The molecule has 9 amide bonds. The molecule has 2 saturated heterocycles. The third-order valence-electron chi connectivity index (χ3n) is 15.2. The van der Waals surface area contributed by atoms with Crippen LogP contribution in [0.15, 0.2) is 78.5 Å². The molecule has 0 radical (unpaired) electrons. The van der Waals surface area contributed by atoms with E-state index in [2.05, 4.69) is 64.7 Å². The van der Waals surface area contributed by atoms with Gasteiger partial charge >= 0.3 is 18.2 Å². The summed E-state index contributed by atoms with van der Waals surface area (Å²) in [7, 11) is 4.40. The number of benzene rings is 2. The van der Waals surface area contributed by atoms with Gasteiger partial charge in [0.15, 0.2) is 5.72 Å². The standard InChI is InChI=1S/C59H78BrClN10O14/c1-32(2)49(69-46(72)20-11-10-12-23-64-52(74)34(4)31-60)54(76)67-40(18-15-25-65-55(62)77)53(75)66-38-21-22-39(50-37(38)17-14-24-63-50)68-56(78)84-45-29-47(73)71(7)41-27-36(28-42(81-8)48(41)61)26-33(3)16-13-19-44(82-9)59(80)30-43(83-57(79)70-59)35(5)51-58(45,6)85-51/h13-14,16-17,19,21-22,24,27-28,32,35,40,43-45,49,51,80H,4,10-12,15,18,20,23,25-26,29-31H2,1-3,5-9H3,(H,64,74)(H,66,75)(H,67,76)(H,68,78)(H,69,72)(H,70,79)(H3,62,65,77)/b19-13+,33-16+/t35-,40+,43+,44-,45+,49+,51+,58+,59+/m1/s1. The van der Waals surface area contributed by atoms with Gasteiger partial charge in [0.05, 0.1) is 42.2 Å². The van der Waals surface area contributed by atoms with E-state index in [1.807, 2.05) is 13.0 Å². The lowest BCUT2D eigenvalue weighted by molar-refractivity contribution is -0.142. The topological polar surface area (TPSA) is 333 Å². The summed E-state index contributed by atoms with van der Waals surface area (Å²) in [5.41, 5.74) is 4.98. The molecular weight excluding hydrogens is 1190 g/mol. The molecule has 6 rings (SSSR count). The lowest BCUT2D eigenvalue weighted by Gasteiger charge is -2.42. The molecule has 85 heavy (non-hydrogen) atoms. The zero-order valence-electron chi connectivity index (χ0n) is 49.1. The Morgan fingerprint density at radius 1 is 1.01 bits per heavy atom. The van der Waals surface area contributed by atoms with E-state index in [1.54, 1.807) is 64.1 Å². The molecule has 462 valence electrons. The number of epoxide rings is 1. The van der Waals surface area contributed by atoms with Crippen molar-refractivity contribution in [3.8, 4) is 5.75 Å². The predicted molar refractivity (Wildman–Crippen MR) is 323 cm³/mol. The van der Waals surface area contributed by atoms with E-state index >= 15 is 0 Å². The zero-order valence-corrected chi connectivity index (χ0v) is 51.4. The average molecular weight is 1270 g/mol. The van der Waals surface area contributed by atoms with E-state index in [-0.39, 0.29) is 71.9 Å². The normalized spacial score (nSPS) is 23.9. The fraction of sp³-hybridized carbons (Fsp3) is 0.508. The van der Waals surface area contributed by atoms with Gasteiger partial charge in [-0.05, 0) is 93.8 Å². The number of aromatic nitrogens is 1. The lowest BCUT2D eigenvalue weighted by atomic mass is 9.83. The van der Waals surface area contributed by atoms with Crippen LogP contribution in [-0.2, 0) is 49.3 Å². The van der Waals surface area contributed by atoms with E-state index in [9.17, 15) is 43.5 Å². The average Bonchev–Trinajstić information content (AvgIpc) is 1.71. The van der Waals surface area contributed by atoms with E-state index in [4.69, 9.17) is 41.0 Å². The zero-order chi connectivity index (χ0) is 62.3. The first kappa shape index (κ1) is 66.8. The van der Waals surface area contributed by atoms with Crippen molar-refractivity contribution in [1.29, 1.82) is 0 Å². The Morgan fingerprint density at radius 2 is 1.74 bits per heavy atom. The molecule has 9 atom stereocenters. The number of halogens is 2. The van der Waals surface area contributed by atoms with Gasteiger partial charge in [0.25, 0.3) is 0 Å². The molecule has 24 nitrogen and oxygen atoms in total. The number of ether oxygens (including phenoxy) is 5. The number of aliphatic hydroxyl groups is 1. The number of nitrogens with one attached hydrogen (secondary N) is 7. The van der Waals surface area contributed by atoms with Crippen LogP contribution < -0.4 is 52.6 Å². The molecule has 0 saturated carbocycles. The molecule has 26 heteroatoms. The Balaban J connectivity index is 1.22. The summed E-state index contributed by atoms with van der Waals surface area (Å²) >= 11 is 10.1. The van der Waals surface area contributed by atoms with Crippen LogP contribution in [0, 0.1) is 11.8 Å². The van der Waals surface area contributed by atoms with Crippen molar-refractivity contribution in [3.63, 3.8) is 0 Å². The largest absolute Gasteiger partial charge is 0.495 e. The summed E-state index contributed by atoms with van der Waals surface area (Å²) in [6.07, 6.45) is 2.72. The molecule has 3 aliphatic heterocycles. The molecule has 10 N–H and O–H groups in total. The van der Waals surface area contributed by atoms with Crippen molar-refractivity contribution in [2.45, 2.75) is 140 Å². The van der Waals surface area contributed by atoms with Gasteiger partial charge in [0.2, 0.25) is 29.5 Å². The number of unbranched alkanes of at least 4 members (excludes halogenated alkanes) is 2. The number of pyridine rings is 1. The van der Waals surface area contributed by atoms with E-state index in [1.165, 1.54) is 44.5 Å². The van der Waals surface area contributed by atoms with Crippen LogP contribution in [0.5, 0.6) is 5.75 Å². The number of nitrogens with two attached hydrogens (primary N) is 1. The molecule has 4 heterocycles. The minimum absolute atomic E-state index is 0.0432. The Kier molecular flexibility index (Phi) is 23.7. The molecule has 2 aromatic carbocycles. The first-order valence-corrected chi connectivity index (χ1v) is 29.5. The van der Waals surface area contributed by atoms with Crippen LogP contribution in [-0.4, -0.2) is 145 Å². The monoisotopic (exact) mass is 1260 g/mol. The number of urea groups is 1. The molecule has 4 bridgehead atoms. The highest BCUT2D eigenvalue weighted by atomic mass is 79.9. The molecule has 1 aromatic heterocycles. The van der Waals surface area contributed by atoms with E-state index in [0.717, 1.165) is 11.1 Å². The smallest absolute Gasteiger partial charge is 0.412 e. The number of hydrogen-bond donors (Lipinski definition) is 9. The lowest BCUT2D eigenvalue weighted by Crippen LogP contribution is -2.63. The van der Waals surface area contributed by atoms with Gasteiger partial charge in [0, 0.05) is 68.5 Å².